The summed E-state index contributed by atoms with van der Waals surface area (Å²) in [5.41, 5.74) is 0.553. The number of benzene rings is 1. The third-order valence-electron chi connectivity index (χ3n) is 2.89. The molecule has 1 unspecified atom stereocenters. The number of hydrogen-bond donors (Lipinski definition) is 1. The zero-order valence-electron chi connectivity index (χ0n) is 12.6. The van der Waals surface area contributed by atoms with Crippen LogP contribution in [0.3, 0.4) is 0 Å². The van der Waals surface area contributed by atoms with Crippen molar-refractivity contribution in [1.29, 1.82) is 0 Å². The minimum atomic E-state index is -0.763. The molecular weight excluding hydrogens is 274 g/mol. The molecule has 1 atom stereocenters. The molecule has 6 heteroatoms. The monoisotopic (exact) mass is 293 g/mol. The fourth-order valence-corrected chi connectivity index (χ4v) is 1.95. The molecule has 6 nitrogen and oxygen atoms in total. The fourth-order valence-electron chi connectivity index (χ4n) is 1.95. The average Bonchev–Trinajstić information content (AvgIpc) is 2.53. The summed E-state index contributed by atoms with van der Waals surface area (Å²) in [5.74, 6) is 3.23. The lowest BCUT2D eigenvalue weighted by atomic mass is 10.0. The summed E-state index contributed by atoms with van der Waals surface area (Å²) in [7, 11) is 5.80. The van der Waals surface area contributed by atoms with Gasteiger partial charge in [0.1, 0.15) is 6.04 Å². The van der Waals surface area contributed by atoms with Crippen molar-refractivity contribution in [2.75, 3.05) is 35.0 Å². The first-order valence-corrected chi connectivity index (χ1v) is 6.18. The summed E-state index contributed by atoms with van der Waals surface area (Å²) >= 11 is 0. The number of hydrogen-bond acceptors (Lipinski definition) is 6. The van der Waals surface area contributed by atoms with E-state index in [4.69, 9.17) is 25.4 Å². The second-order valence-electron chi connectivity index (χ2n) is 3.96. The molecule has 0 aliphatic rings. The minimum absolute atomic E-state index is 0.206. The Morgan fingerprint density at radius 1 is 1.19 bits per heavy atom. The number of carbonyl (C=O) groups is 1. The smallest absolute Gasteiger partial charge is 0.327 e. The third-order valence-corrected chi connectivity index (χ3v) is 2.89. The van der Waals surface area contributed by atoms with Crippen LogP contribution in [0.2, 0.25) is 0 Å². The average molecular weight is 293 g/mol. The second kappa shape index (κ2) is 8.02. The van der Waals surface area contributed by atoms with Crippen LogP contribution in [0.15, 0.2) is 12.1 Å². The summed E-state index contributed by atoms with van der Waals surface area (Å²) in [6, 6.07) is 2.62. The molecule has 0 heterocycles. The van der Waals surface area contributed by atoms with Crippen LogP contribution < -0.4 is 19.5 Å². The van der Waals surface area contributed by atoms with Gasteiger partial charge in [-0.3, -0.25) is 5.32 Å². The van der Waals surface area contributed by atoms with Gasteiger partial charge in [0, 0.05) is 5.56 Å². The fraction of sp³-hybridized carbons (Fsp3) is 0.400. The van der Waals surface area contributed by atoms with Crippen LogP contribution in [0, 0.1) is 12.3 Å². The van der Waals surface area contributed by atoms with Crippen LogP contribution in [0.1, 0.15) is 11.6 Å². The van der Waals surface area contributed by atoms with E-state index in [2.05, 4.69) is 11.2 Å². The highest BCUT2D eigenvalue weighted by molar-refractivity contribution is 5.79. The Bertz CT molecular complexity index is 536. The Labute approximate surface area is 124 Å². The minimum Gasteiger partial charge on any atom is -0.493 e. The van der Waals surface area contributed by atoms with E-state index in [1.807, 2.05) is 0 Å². The van der Waals surface area contributed by atoms with Crippen molar-refractivity contribution in [2.24, 2.45) is 0 Å². The van der Waals surface area contributed by atoms with Gasteiger partial charge in [-0.05, 0) is 12.1 Å². The van der Waals surface area contributed by atoms with E-state index in [0.717, 1.165) is 0 Å². The van der Waals surface area contributed by atoms with E-state index in [1.165, 1.54) is 28.4 Å². The summed E-state index contributed by atoms with van der Waals surface area (Å²) in [6.45, 7) is 0.206. The van der Waals surface area contributed by atoms with Crippen LogP contribution in [0.4, 0.5) is 0 Å². The van der Waals surface area contributed by atoms with Crippen LogP contribution in [-0.2, 0) is 9.53 Å². The van der Waals surface area contributed by atoms with Crippen molar-refractivity contribution in [3.05, 3.63) is 17.7 Å². The standard InChI is InChI=1S/C15H19NO5/c1-6-9-16-12(15(17)21-5)10-7-8-11(18-2)14(20-4)13(10)19-3/h1,7-8,12,16H,9H2,2-5H3. The normalized spacial score (nSPS) is 11.2. The molecule has 1 N–H and O–H groups in total. The summed E-state index contributed by atoms with van der Waals surface area (Å²) in [4.78, 5) is 12.0. The number of ether oxygens (including phenoxy) is 4. The van der Waals surface area contributed by atoms with Gasteiger partial charge in [0.05, 0.1) is 35.0 Å². The van der Waals surface area contributed by atoms with E-state index >= 15 is 0 Å². The molecule has 114 valence electrons. The predicted molar refractivity (Wildman–Crippen MR) is 77.7 cm³/mol. The predicted octanol–water partition coefficient (Wildman–Crippen LogP) is 1.15. The number of methoxy groups -OCH3 is 4. The first-order valence-electron chi connectivity index (χ1n) is 6.18. The highest BCUT2D eigenvalue weighted by Crippen LogP contribution is 2.42. The molecule has 0 spiro atoms. The number of terminal acetylenes is 1. The topological polar surface area (TPSA) is 66.0 Å². The Kier molecular flexibility index (Phi) is 6.37. The Hall–Kier alpha value is -2.39. The van der Waals surface area contributed by atoms with E-state index < -0.39 is 12.0 Å². The molecule has 0 saturated heterocycles. The van der Waals surface area contributed by atoms with Crippen LogP contribution in [-0.4, -0.2) is 41.0 Å². The SMILES string of the molecule is C#CCNC(C(=O)OC)c1ccc(OC)c(OC)c1OC. The van der Waals surface area contributed by atoms with Gasteiger partial charge in [-0.1, -0.05) is 5.92 Å². The van der Waals surface area contributed by atoms with Gasteiger partial charge in [0.15, 0.2) is 11.5 Å². The molecule has 0 fully saturated rings. The number of carbonyl (C=O) groups excluding carboxylic acids is 1. The Morgan fingerprint density at radius 3 is 2.33 bits per heavy atom. The zero-order chi connectivity index (χ0) is 15.8. The van der Waals surface area contributed by atoms with Gasteiger partial charge in [0.25, 0.3) is 0 Å². The summed E-state index contributed by atoms with van der Waals surface area (Å²) in [6.07, 6.45) is 5.23. The van der Waals surface area contributed by atoms with Gasteiger partial charge in [-0.2, -0.15) is 0 Å². The Balaban J connectivity index is 3.37. The highest BCUT2D eigenvalue weighted by Gasteiger charge is 2.27. The summed E-state index contributed by atoms with van der Waals surface area (Å²) in [5, 5.41) is 2.91. The van der Waals surface area contributed by atoms with Gasteiger partial charge in [-0.25, -0.2) is 4.79 Å². The molecule has 0 aliphatic heterocycles. The van der Waals surface area contributed by atoms with Crippen LogP contribution >= 0.6 is 0 Å². The molecule has 0 radical (unpaired) electrons. The molecule has 1 aromatic carbocycles. The molecule has 0 amide bonds. The Morgan fingerprint density at radius 2 is 1.86 bits per heavy atom. The van der Waals surface area contributed by atoms with Crippen molar-refractivity contribution in [1.82, 2.24) is 5.32 Å². The molecular formula is C15H19NO5. The third kappa shape index (κ3) is 3.58. The molecule has 0 bridgehead atoms. The lowest BCUT2D eigenvalue weighted by Crippen LogP contribution is -2.30. The molecule has 21 heavy (non-hydrogen) atoms. The lowest BCUT2D eigenvalue weighted by molar-refractivity contribution is -0.143. The first kappa shape index (κ1) is 16.7. The highest BCUT2D eigenvalue weighted by atomic mass is 16.5. The molecule has 1 aromatic rings. The van der Waals surface area contributed by atoms with Gasteiger partial charge >= 0.3 is 5.97 Å². The van der Waals surface area contributed by atoms with Crippen LogP contribution in [0.25, 0.3) is 0 Å². The van der Waals surface area contributed by atoms with Gasteiger partial charge in [0.2, 0.25) is 5.75 Å². The molecule has 0 aliphatic carbocycles. The molecule has 0 saturated carbocycles. The zero-order valence-corrected chi connectivity index (χ0v) is 12.6. The maximum atomic E-state index is 12.0. The quantitative estimate of drug-likeness (QED) is 0.601. The van der Waals surface area contributed by atoms with Gasteiger partial charge < -0.3 is 18.9 Å². The largest absolute Gasteiger partial charge is 0.493 e. The van der Waals surface area contributed by atoms with E-state index in [1.54, 1.807) is 12.1 Å². The number of rotatable bonds is 7. The summed E-state index contributed by atoms with van der Waals surface area (Å²) < 4.78 is 20.7. The maximum Gasteiger partial charge on any atom is 0.327 e. The van der Waals surface area contributed by atoms with Crippen molar-refractivity contribution in [3.63, 3.8) is 0 Å². The van der Waals surface area contributed by atoms with E-state index in [0.29, 0.717) is 22.8 Å². The van der Waals surface area contributed by atoms with Crippen molar-refractivity contribution < 1.29 is 23.7 Å². The molecule has 1 rings (SSSR count). The lowest BCUT2D eigenvalue weighted by Gasteiger charge is -2.21. The van der Waals surface area contributed by atoms with E-state index in [9.17, 15) is 4.79 Å². The van der Waals surface area contributed by atoms with Crippen molar-refractivity contribution in [3.8, 4) is 29.6 Å². The maximum absolute atomic E-state index is 12.0. The van der Waals surface area contributed by atoms with Crippen molar-refractivity contribution >= 4 is 5.97 Å². The van der Waals surface area contributed by atoms with Crippen LogP contribution in [0.5, 0.6) is 17.2 Å². The van der Waals surface area contributed by atoms with Crippen molar-refractivity contribution in [2.45, 2.75) is 6.04 Å². The molecule has 0 aromatic heterocycles. The first-order chi connectivity index (χ1) is 10.1. The van der Waals surface area contributed by atoms with E-state index in [-0.39, 0.29) is 6.54 Å². The number of nitrogens with one attached hydrogen (secondary N) is 1. The number of esters is 1. The second-order valence-corrected chi connectivity index (χ2v) is 3.96. The van der Waals surface area contributed by atoms with Gasteiger partial charge in [-0.15, -0.1) is 6.42 Å².